The smallest absolute Gasteiger partial charge is 0.255 e. The van der Waals surface area contributed by atoms with Crippen LogP contribution in [0.25, 0.3) is 5.57 Å². The molecule has 6 heteroatoms. The molecule has 0 aromatic heterocycles. The Morgan fingerprint density at radius 2 is 1.89 bits per heavy atom. The van der Waals surface area contributed by atoms with Crippen molar-refractivity contribution in [2.75, 3.05) is 33.3 Å². The molecule has 0 unspecified atom stereocenters. The number of methoxy groups -OCH3 is 1. The fraction of sp³-hybridized carbons (Fsp3) is 0.227. The Morgan fingerprint density at radius 3 is 2.68 bits per heavy atom. The van der Waals surface area contributed by atoms with Gasteiger partial charge in [0.2, 0.25) is 0 Å². The third kappa shape index (κ3) is 3.64. The van der Waals surface area contributed by atoms with Gasteiger partial charge in [0.1, 0.15) is 0 Å². The Hall–Kier alpha value is -3.12. The minimum absolute atomic E-state index is 0.147. The first-order valence-electron chi connectivity index (χ1n) is 9.28. The maximum atomic E-state index is 13.7. The van der Waals surface area contributed by atoms with E-state index >= 15 is 0 Å². The van der Waals surface area contributed by atoms with Crippen molar-refractivity contribution in [1.82, 2.24) is 15.1 Å². The van der Waals surface area contributed by atoms with Gasteiger partial charge in [-0.25, -0.2) is 4.39 Å². The summed E-state index contributed by atoms with van der Waals surface area (Å²) in [6.45, 7) is 3.68. The number of fused-ring (bicyclic) bond motifs is 1. The maximum Gasteiger partial charge on any atom is 0.255 e. The van der Waals surface area contributed by atoms with Gasteiger partial charge >= 0.3 is 0 Å². The normalized spacial score (nSPS) is 21.2. The number of nitrogens with zero attached hydrogens (tertiary/aromatic N) is 2. The van der Waals surface area contributed by atoms with Crippen molar-refractivity contribution in [2.45, 2.75) is 0 Å². The van der Waals surface area contributed by atoms with Crippen molar-refractivity contribution in [2.24, 2.45) is 0 Å². The highest BCUT2D eigenvalue weighted by Gasteiger charge is 2.21. The summed E-state index contributed by atoms with van der Waals surface area (Å²) in [5, 5.41) is 3.33. The lowest BCUT2D eigenvalue weighted by atomic mass is 10.0. The zero-order valence-corrected chi connectivity index (χ0v) is 15.7. The molecule has 1 aromatic rings. The van der Waals surface area contributed by atoms with Gasteiger partial charge < -0.3 is 15.0 Å². The van der Waals surface area contributed by atoms with E-state index < -0.39 is 5.82 Å². The molecule has 1 aromatic carbocycles. The van der Waals surface area contributed by atoms with Crippen molar-refractivity contribution in [3.05, 3.63) is 83.6 Å². The van der Waals surface area contributed by atoms with Gasteiger partial charge in [-0.05, 0) is 41.5 Å². The van der Waals surface area contributed by atoms with E-state index in [0.29, 0.717) is 5.57 Å². The molecule has 5 nitrogen and oxygen atoms in total. The van der Waals surface area contributed by atoms with Gasteiger partial charge in [-0.2, -0.15) is 0 Å². The maximum absolute atomic E-state index is 13.7. The monoisotopic (exact) mass is 379 g/mol. The zero-order valence-electron chi connectivity index (χ0n) is 15.7. The van der Waals surface area contributed by atoms with E-state index in [-0.39, 0.29) is 11.7 Å². The quantitative estimate of drug-likeness (QED) is 0.877. The van der Waals surface area contributed by atoms with Crippen LogP contribution in [0.2, 0.25) is 0 Å². The molecule has 0 atom stereocenters. The molecule has 0 saturated carbocycles. The van der Waals surface area contributed by atoms with Crippen LogP contribution in [-0.2, 0) is 4.79 Å². The summed E-state index contributed by atoms with van der Waals surface area (Å²) in [5.41, 5.74) is 3.26. The molecule has 1 saturated heterocycles. The summed E-state index contributed by atoms with van der Waals surface area (Å²) in [6, 6.07) is 4.59. The van der Waals surface area contributed by atoms with Crippen LogP contribution in [0.3, 0.4) is 0 Å². The number of hydrogen-bond donors (Lipinski definition) is 1. The first kappa shape index (κ1) is 18.3. The van der Waals surface area contributed by atoms with E-state index in [1.807, 2.05) is 36.6 Å². The van der Waals surface area contributed by atoms with Crippen LogP contribution in [0.4, 0.5) is 4.39 Å². The first-order valence-corrected chi connectivity index (χ1v) is 9.28. The Labute approximate surface area is 163 Å². The molecule has 0 aliphatic carbocycles. The van der Waals surface area contributed by atoms with Gasteiger partial charge in [0.25, 0.3) is 5.91 Å². The van der Waals surface area contributed by atoms with E-state index in [4.69, 9.17) is 4.74 Å². The number of carbonyl (C=O) groups is 1. The minimum atomic E-state index is -0.431. The predicted octanol–water partition coefficient (Wildman–Crippen LogP) is 2.82. The Morgan fingerprint density at radius 1 is 1.11 bits per heavy atom. The van der Waals surface area contributed by atoms with Gasteiger partial charge in [-0.1, -0.05) is 18.2 Å². The van der Waals surface area contributed by atoms with Crippen LogP contribution in [-0.4, -0.2) is 49.0 Å². The van der Waals surface area contributed by atoms with Crippen molar-refractivity contribution in [3.63, 3.8) is 0 Å². The van der Waals surface area contributed by atoms with Gasteiger partial charge in [0.05, 0.1) is 12.8 Å². The molecule has 28 heavy (non-hydrogen) atoms. The third-order valence-corrected chi connectivity index (χ3v) is 4.99. The van der Waals surface area contributed by atoms with E-state index in [1.165, 1.54) is 13.2 Å². The standard InChI is InChI=1S/C22H22FN3O2/c1-28-21-13-17(5-8-20(21)23)16-3-2-4-18-6-7-19(15-26(18)22(27)14-16)25-11-9-24-10-12-25/h2-8,13-15,24H,9-12H2,1H3/b3-2?,16-14?,18-4+. The van der Waals surface area contributed by atoms with Crippen LogP contribution in [0.15, 0.2) is 72.2 Å². The van der Waals surface area contributed by atoms with Crippen molar-refractivity contribution >= 4 is 11.5 Å². The van der Waals surface area contributed by atoms with Crippen LogP contribution in [0.5, 0.6) is 5.75 Å². The highest BCUT2D eigenvalue weighted by Crippen LogP contribution is 2.27. The number of piperazine rings is 1. The predicted molar refractivity (Wildman–Crippen MR) is 107 cm³/mol. The fourth-order valence-corrected chi connectivity index (χ4v) is 3.46. The molecule has 144 valence electrons. The second-order valence-corrected chi connectivity index (χ2v) is 6.73. The zero-order chi connectivity index (χ0) is 19.5. The SMILES string of the molecule is COc1cc(C2=CC(=O)N3C=C(N4CCNCC4)C=C/C3=C\C=C2)ccc1F. The molecule has 1 N–H and O–H groups in total. The topological polar surface area (TPSA) is 44.8 Å². The lowest BCUT2D eigenvalue weighted by Crippen LogP contribution is -2.43. The molecular weight excluding hydrogens is 357 g/mol. The number of ether oxygens (including phenoxy) is 1. The number of benzene rings is 1. The van der Waals surface area contributed by atoms with Crippen molar-refractivity contribution < 1.29 is 13.9 Å². The van der Waals surface area contributed by atoms with Crippen LogP contribution < -0.4 is 10.1 Å². The van der Waals surface area contributed by atoms with Gasteiger partial charge in [-0.3, -0.25) is 9.69 Å². The lowest BCUT2D eigenvalue weighted by Gasteiger charge is -2.33. The molecule has 3 aliphatic rings. The third-order valence-electron chi connectivity index (χ3n) is 4.99. The summed E-state index contributed by atoms with van der Waals surface area (Å²) in [6.07, 6.45) is 13.1. The molecular formula is C22H22FN3O2. The van der Waals surface area contributed by atoms with E-state index in [2.05, 4.69) is 10.2 Å². The van der Waals surface area contributed by atoms with Gasteiger partial charge in [0, 0.05) is 44.2 Å². The van der Waals surface area contributed by atoms with Crippen molar-refractivity contribution in [3.8, 4) is 5.75 Å². The molecule has 0 spiro atoms. The number of rotatable bonds is 3. The van der Waals surface area contributed by atoms with Crippen LogP contribution >= 0.6 is 0 Å². The highest BCUT2D eigenvalue weighted by atomic mass is 19.1. The van der Waals surface area contributed by atoms with Crippen LogP contribution in [0.1, 0.15) is 5.56 Å². The average molecular weight is 379 g/mol. The van der Waals surface area contributed by atoms with E-state index in [0.717, 1.165) is 43.1 Å². The van der Waals surface area contributed by atoms with Gasteiger partial charge in [-0.15, -0.1) is 0 Å². The number of allylic oxidation sites excluding steroid dienone is 6. The molecule has 4 rings (SSSR count). The first-order chi connectivity index (χ1) is 13.7. The number of amides is 1. The second kappa shape index (κ2) is 7.86. The second-order valence-electron chi connectivity index (χ2n) is 6.73. The summed E-state index contributed by atoms with van der Waals surface area (Å²) in [4.78, 5) is 16.9. The molecule has 1 fully saturated rings. The van der Waals surface area contributed by atoms with E-state index in [1.54, 1.807) is 23.1 Å². The van der Waals surface area contributed by atoms with Gasteiger partial charge in [0.15, 0.2) is 11.6 Å². The lowest BCUT2D eigenvalue weighted by molar-refractivity contribution is -0.122. The highest BCUT2D eigenvalue weighted by molar-refractivity contribution is 6.00. The Balaban J connectivity index is 1.66. The largest absolute Gasteiger partial charge is 0.494 e. The summed E-state index contributed by atoms with van der Waals surface area (Å²) in [7, 11) is 1.42. The minimum Gasteiger partial charge on any atom is -0.494 e. The van der Waals surface area contributed by atoms with Crippen LogP contribution in [0, 0.1) is 5.82 Å². The molecule has 0 radical (unpaired) electrons. The Bertz CT molecular complexity index is 937. The number of nitrogens with one attached hydrogen (secondary N) is 1. The van der Waals surface area contributed by atoms with E-state index in [9.17, 15) is 9.18 Å². The molecule has 1 amide bonds. The fourth-order valence-electron chi connectivity index (χ4n) is 3.46. The summed E-state index contributed by atoms with van der Waals surface area (Å²) in [5.74, 6) is -0.426. The summed E-state index contributed by atoms with van der Waals surface area (Å²) >= 11 is 0. The molecule has 3 aliphatic heterocycles. The number of halogens is 1. The molecule has 0 bridgehead atoms. The Kier molecular flexibility index (Phi) is 5.12. The van der Waals surface area contributed by atoms with Crippen molar-refractivity contribution in [1.29, 1.82) is 0 Å². The number of carbonyl (C=O) groups excluding carboxylic acids is 1. The summed E-state index contributed by atoms with van der Waals surface area (Å²) < 4.78 is 18.8. The number of hydrogen-bond acceptors (Lipinski definition) is 4. The average Bonchev–Trinajstić information content (AvgIpc) is 2.73. The molecule has 3 heterocycles.